The first kappa shape index (κ1) is 13.1. The summed E-state index contributed by atoms with van der Waals surface area (Å²) >= 11 is 0. The SMILES string of the molecule is CCOC(=O)c1cnc2c3cccc(N)c3ccn2c1=O. The number of anilines is 1. The number of nitrogens with two attached hydrogens (primary N) is 1. The van der Waals surface area contributed by atoms with Crippen LogP contribution in [0.15, 0.2) is 41.5 Å². The van der Waals surface area contributed by atoms with Crippen LogP contribution in [0.2, 0.25) is 0 Å². The van der Waals surface area contributed by atoms with E-state index in [2.05, 4.69) is 4.98 Å². The van der Waals surface area contributed by atoms with Gasteiger partial charge in [-0.15, -0.1) is 0 Å². The normalized spacial score (nSPS) is 10.9. The highest BCUT2D eigenvalue weighted by Gasteiger charge is 2.15. The lowest BCUT2D eigenvalue weighted by Gasteiger charge is -2.08. The summed E-state index contributed by atoms with van der Waals surface area (Å²) in [6.45, 7) is 1.88. The molecule has 2 aromatic heterocycles. The summed E-state index contributed by atoms with van der Waals surface area (Å²) in [6, 6.07) is 7.14. The molecule has 106 valence electrons. The van der Waals surface area contributed by atoms with E-state index >= 15 is 0 Å². The number of carbonyl (C=O) groups excluding carboxylic acids is 1. The van der Waals surface area contributed by atoms with E-state index in [9.17, 15) is 9.59 Å². The average Bonchev–Trinajstić information content (AvgIpc) is 2.48. The number of pyridine rings is 1. The van der Waals surface area contributed by atoms with Crippen molar-refractivity contribution in [1.82, 2.24) is 9.38 Å². The van der Waals surface area contributed by atoms with E-state index < -0.39 is 11.5 Å². The Labute approximate surface area is 119 Å². The van der Waals surface area contributed by atoms with Crippen molar-refractivity contribution in [2.24, 2.45) is 0 Å². The summed E-state index contributed by atoms with van der Waals surface area (Å²) in [5.41, 5.74) is 6.44. The van der Waals surface area contributed by atoms with Crippen LogP contribution in [0.3, 0.4) is 0 Å². The minimum Gasteiger partial charge on any atom is -0.462 e. The molecular formula is C15H13N3O3. The van der Waals surface area contributed by atoms with Gasteiger partial charge in [0.15, 0.2) is 0 Å². The first-order chi connectivity index (χ1) is 10.1. The first-order valence-corrected chi connectivity index (χ1v) is 6.49. The standard InChI is InChI=1S/C15H13N3O3/c1-2-21-15(20)11-8-17-13-10-4-3-5-12(16)9(10)6-7-18(13)14(11)19/h3-8H,2,16H2,1H3. The van der Waals surface area contributed by atoms with Crippen LogP contribution >= 0.6 is 0 Å². The molecule has 0 saturated heterocycles. The number of hydrogen-bond acceptors (Lipinski definition) is 5. The van der Waals surface area contributed by atoms with E-state index in [1.807, 2.05) is 6.07 Å². The molecule has 21 heavy (non-hydrogen) atoms. The summed E-state index contributed by atoms with van der Waals surface area (Å²) in [7, 11) is 0. The zero-order valence-electron chi connectivity index (χ0n) is 11.4. The van der Waals surface area contributed by atoms with Crippen LogP contribution in [0.4, 0.5) is 5.69 Å². The fourth-order valence-corrected chi connectivity index (χ4v) is 2.27. The Bertz CT molecular complexity index is 915. The molecule has 0 fully saturated rings. The Morgan fingerprint density at radius 1 is 1.33 bits per heavy atom. The van der Waals surface area contributed by atoms with Crippen molar-refractivity contribution < 1.29 is 9.53 Å². The number of hydrogen-bond donors (Lipinski definition) is 1. The Balaban J connectivity index is 2.34. The van der Waals surface area contributed by atoms with Gasteiger partial charge in [0.25, 0.3) is 5.56 Å². The predicted molar refractivity (Wildman–Crippen MR) is 79.3 cm³/mol. The van der Waals surface area contributed by atoms with Gasteiger partial charge < -0.3 is 10.5 Å². The van der Waals surface area contributed by atoms with Crippen LogP contribution < -0.4 is 11.3 Å². The maximum atomic E-state index is 12.4. The molecule has 0 spiro atoms. The monoisotopic (exact) mass is 283 g/mol. The van der Waals surface area contributed by atoms with Crippen molar-refractivity contribution in [3.8, 4) is 0 Å². The topological polar surface area (TPSA) is 86.7 Å². The second-order valence-electron chi connectivity index (χ2n) is 4.52. The van der Waals surface area contributed by atoms with Gasteiger partial charge in [-0.3, -0.25) is 9.20 Å². The van der Waals surface area contributed by atoms with Crippen molar-refractivity contribution >= 4 is 28.1 Å². The number of carbonyl (C=O) groups is 1. The van der Waals surface area contributed by atoms with Crippen molar-refractivity contribution in [1.29, 1.82) is 0 Å². The van der Waals surface area contributed by atoms with Crippen LogP contribution in [-0.4, -0.2) is 22.0 Å². The number of aromatic nitrogens is 2. The van der Waals surface area contributed by atoms with Gasteiger partial charge in [0, 0.05) is 28.9 Å². The van der Waals surface area contributed by atoms with Crippen LogP contribution in [0.25, 0.3) is 16.4 Å². The molecule has 0 atom stereocenters. The molecule has 0 aliphatic carbocycles. The zero-order valence-corrected chi connectivity index (χ0v) is 11.4. The van der Waals surface area contributed by atoms with E-state index in [0.29, 0.717) is 11.3 Å². The smallest absolute Gasteiger partial charge is 0.345 e. The molecule has 3 aromatic rings. The number of fused-ring (bicyclic) bond motifs is 3. The number of esters is 1. The molecule has 6 heteroatoms. The van der Waals surface area contributed by atoms with Gasteiger partial charge in [0.1, 0.15) is 11.2 Å². The van der Waals surface area contributed by atoms with E-state index in [1.54, 1.807) is 31.3 Å². The van der Waals surface area contributed by atoms with Crippen molar-refractivity contribution in [2.75, 3.05) is 12.3 Å². The lowest BCUT2D eigenvalue weighted by Crippen LogP contribution is -2.24. The minimum absolute atomic E-state index is 0.0856. The van der Waals surface area contributed by atoms with Gasteiger partial charge in [0.2, 0.25) is 0 Å². The molecule has 0 aliphatic rings. The maximum absolute atomic E-state index is 12.4. The fraction of sp³-hybridized carbons (Fsp3) is 0.133. The molecule has 0 unspecified atom stereocenters. The predicted octanol–water partition coefficient (Wildman–Crippen LogP) is 1.61. The highest BCUT2D eigenvalue weighted by atomic mass is 16.5. The average molecular weight is 283 g/mol. The lowest BCUT2D eigenvalue weighted by atomic mass is 10.1. The summed E-state index contributed by atoms with van der Waals surface area (Å²) in [4.78, 5) is 28.3. The van der Waals surface area contributed by atoms with Gasteiger partial charge in [-0.1, -0.05) is 12.1 Å². The Hall–Kier alpha value is -2.89. The van der Waals surface area contributed by atoms with E-state index in [1.165, 1.54) is 10.6 Å². The number of ether oxygens (including phenoxy) is 1. The van der Waals surface area contributed by atoms with Crippen molar-refractivity contribution in [2.45, 2.75) is 6.92 Å². The molecule has 0 aliphatic heterocycles. The first-order valence-electron chi connectivity index (χ1n) is 6.49. The van der Waals surface area contributed by atoms with Gasteiger partial charge in [0.05, 0.1) is 6.61 Å². The van der Waals surface area contributed by atoms with Crippen LogP contribution in [0.5, 0.6) is 0 Å². The van der Waals surface area contributed by atoms with Gasteiger partial charge >= 0.3 is 5.97 Å². The zero-order chi connectivity index (χ0) is 15.0. The quantitative estimate of drug-likeness (QED) is 0.438. The number of nitrogen functional groups attached to an aromatic ring is 1. The Morgan fingerprint density at radius 2 is 2.14 bits per heavy atom. The van der Waals surface area contributed by atoms with Gasteiger partial charge in [-0.05, 0) is 19.1 Å². The second-order valence-corrected chi connectivity index (χ2v) is 4.52. The summed E-state index contributed by atoms with van der Waals surface area (Å²) in [5.74, 6) is -0.669. The molecule has 0 amide bonds. The van der Waals surface area contributed by atoms with Crippen molar-refractivity contribution in [3.05, 3.63) is 52.6 Å². The van der Waals surface area contributed by atoms with E-state index in [-0.39, 0.29) is 12.2 Å². The van der Waals surface area contributed by atoms with Crippen LogP contribution in [0, 0.1) is 0 Å². The highest BCUT2D eigenvalue weighted by Crippen LogP contribution is 2.22. The molecule has 6 nitrogen and oxygen atoms in total. The van der Waals surface area contributed by atoms with Crippen molar-refractivity contribution in [3.63, 3.8) is 0 Å². The third-order valence-electron chi connectivity index (χ3n) is 3.26. The summed E-state index contributed by atoms with van der Waals surface area (Å²) in [5, 5.41) is 1.57. The van der Waals surface area contributed by atoms with E-state index in [0.717, 1.165) is 10.8 Å². The number of nitrogens with zero attached hydrogens (tertiary/aromatic N) is 2. The Morgan fingerprint density at radius 3 is 2.90 bits per heavy atom. The number of benzene rings is 1. The van der Waals surface area contributed by atoms with Crippen LogP contribution in [0.1, 0.15) is 17.3 Å². The van der Waals surface area contributed by atoms with E-state index in [4.69, 9.17) is 10.5 Å². The molecule has 0 bridgehead atoms. The molecule has 3 rings (SSSR count). The minimum atomic E-state index is -0.669. The lowest BCUT2D eigenvalue weighted by molar-refractivity contribution is 0.0523. The molecule has 2 heterocycles. The third-order valence-corrected chi connectivity index (χ3v) is 3.26. The summed E-state index contributed by atoms with van der Waals surface area (Å²) in [6.07, 6.45) is 2.81. The molecule has 2 N–H and O–H groups in total. The Kier molecular flexibility index (Phi) is 3.06. The highest BCUT2D eigenvalue weighted by molar-refractivity contribution is 6.01. The third kappa shape index (κ3) is 2.01. The largest absolute Gasteiger partial charge is 0.462 e. The summed E-state index contributed by atoms with van der Waals surface area (Å²) < 4.78 is 6.18. The number of rotatable bonds is 2. The van der Waals surface area contributed by atoms with Crippen LogP contribution in [-0.2, 0) is 4.74 Å². The molecular weight excluding hydrogens is 270 g/mol. The van der Waals surface area contributed by atoms with Gasteiger partial charge in [-0.2, -0.15) is 0 Å². The molecule has 1 aromatic carbocycles. The van der Waals surface area contributed by atoms with Gasteiger partial charge in [-0.25, -0.2) is 9.78 Å². The molecule has 0 radical (unpaired) electrons. The second kappa shape index (κ2) is 4.90. The fourth-order valence-electron chi connectivity index (χ4n) is 2.27. The molecule has 0 saturated carbocycles. The maximum Gasteiger partial charge on any atom is 0.345 e.